The number of phenolic OH excluding ortho intramolecular Hbond substituents is 1. The molecular formula is C8H5N7O3-2. The lowest BCUT2D eigenvalue weighted by molar-refractivity contribution is -0.384. The van der Waals surface area contributed by atoms with E-state index in [9.17, 15) is 15.2 Å². The Morgan fingerprint density at radius 2 is 2.39 bits per heavy atom. The number of hydrogen-bond acceptors (Lipinski definition) is 7. The van der Waals surface area contributed by atoms with Gasteiger partial charge in [0.05, 0.1) is 4.92 Å². The molecule has 0 radical (unpaired) electrons. The van der Waals surface area contributed by atoms with Crippen LogP contribution >= 0.6 is 0 Å². The molecule has 0 aliphatic rings. The number of aromatic hydroxyl groups is 1. The minimum atomic E-state index is -0.581. The normalized spacial score (nSPS) is 10.7. The zero-order valence-electron chi connectivity index (χ0n) is 8.70. The van der Waals surface area contributed by atoms with Gasteiger partial charge in [0.25, 0.3) is 5.69 Å². The first-order chi connectivity index (χ1) is 8.66. The van der Waals surface area contributed by atoms with Crippen molar-refractivity contribution in [1.29, 1.82) is 0 Å². The highest BCUT2D eigenvalue weighted by Crippen LogP contribution is 2.21. The second kappa shape index (κ2) is 4.86. The molecule has 1 aromatic heterocycles. The fraction of sp³-hybridized carbons (Fsp3) is 0. The molecule has 0 aliphatic heterocycles. The Morgan fingerprint density at radius 1 is 1.56 bits per heavy atom. The summed E-state index contributed by atoms with van der Waals surface area (Å²) < 4.78 is 0. The molecule has 1 heterocycles. The molecule has 0 aliphatic carbocycles. The van der Waals surface area contributed by atoms with Gasteiger partial charge in [-0.05, 0) is 6.07 Å². The van der Waals surface area contributed by atoms with Crippen LogP contribution in [0.15, 0.2) is 23.3 Å². The van der Waals surface area contributed by atoms with Crippen molar-refractivity contribution in [2.24, 2.45) is 5.10 Å². The van der Waals surface area contributed by atoms with Gasteiger partial charge in [-0.2, -0.15) is 0 Å². The molecule has 18 heavy (non-hydrogen) atoms. The van der Waals surface area contributed by atoms with Crippen molar-refractivity contribution < 1.29 is 10.0 Å². The zero-order valence-corrected chi connectivity index (χ0v) is 8.70. The highest BCUT2D eigenvalue weighted by Gasteiger charge is 2.07. The lowest BCUT2D eigenvalue weighted by Gasteiger charge is -2.11. The molecule has 0 saturated heterocycles. The molecule has 0 atom stereocenters. The van der Waals surface area contributed by atoms with Gasteiger partial charge < -0.3 is 25.8 Å². The number of benzene rings is 1. The number of phenols is 1. The summed E-state index contributed by atoms with van der Waals surface area (Å²) in [5, 5.41) is 36.7. The fourth-order valence-electron chi connectivity index (χ4n) is 1.08. The average Bonchev–Trinajstić information content (AvgIpc) is 2.84. The van der Waals surface area contributed by atoms with E-state index in [-0.39, 0.29) is 22.9 Å². The van der Waals surface area contributed by atoms with Crippen LogP contribution in [0.1, 0.15) is 5.56 Å². The summed E-state index contributed by atoms with van der Waals surface area (Å²) in [6.45, 7) is 0. The second-order valence-electron chi connectivity index (χ2n) is 3.02. The number of nitro benzene ring substituents is 1. The minimum Gasteiger partial charge on any atom is -0.507 e. The first-order valence-corrected chi connectivity index (χ1v) is 4.57. The Hall–Kier alpha value is -3.04. The number of nitrogens with zero attached hydrogens (tertiary/aromatic N) is 7. The summed E-state index contributed by atoms with van der Waals surface area (Å²) in [6, 6.07) is 3.54. The Bertz CT molecular complexity index is 580. The predicted octanol–water partition coefficient (Wildman–Crippen LogP) is 0.482. The van der Waals surface area contributed by atoms with Crippen LogP contribution in [0.4, 0.5) is 11.6 Å². The standard InChI is InChI=1S/C8H5N7O3/c16-7-2-1-6(15(17)18)3-5(7)4-9-10-8-11-13-14-12-8/h1-4H,(H-2,9,10,11,12,13,14,16)/q-2. The highest BCUT2D eigenvalue weighted by atomic mass is 16.6. The van der Waals surface area contributed by atoms with E-state index in [0.29, 0.717) is 0 Å². The summed E-state index contributed by atoms with van der Waals surface area (Å²) in [5.74, 6) is -0.199. The third-order valence-electron chi connectivity index (χ3n) is 1.87. The molecule has 1 N–H and O–H groups in total. The number of non-ortho nitro benzene ring substituents is 1. The summed E-state index contributed by atoms with van der Waals surface area (Å²) in [7, 11) is 0. The predicted molar refractivity (Wildman–Crippen MR) is 58.5 cm³/mol. The molecular weight excluding hydrogens is 242 g/mol. The van der Waals surface area contributed by atoms with E-state index in [2.05, 4.69) is 31.2 Å². The zero-order chi connectivity index (χ0) is 13.0. The lowest BCUT2D eigenvalue weighted by Crippen LogP contribution is -1.90. The summed E-state index contributed by atoms with van der Waals surface area (Å²) in [6.07, 6.45) is 1.14. The number of rotatable bonds is 4. The molecule has 2 rings (SSSR count). The molecule has 0 spiro atoms. The van der Waals surface area contributed by atoms with Crippen molar-refractivity contribution in [2.75, 3.05) is 0 Å². The first-order valence-electron chi connectivity index (χ1n) is 4.57. The van der Waals surface area contributed by atoms with Gasteiger partial charge in [-0.25, -0.2) is 10.4 Å². The monoisotopic (exact) mass is 247 g/mol. The van der Waals surface area contributed by atoms with Gasteiger partial charge in [-0.15, -0.1) is 5.95 Å². The minimum absolute atomic E-state index is 0.0452. The third kappa shape index (κ3) is 2.55. The van der Waals surface area contributed by atoms with Crippen LogP contribution in [0.5, 0.6) is 5.75 Å². The maximum atomic E-state index is 10.5. The lowest BCUT2D eigenvalue weighted by atomic mass is 10.2. The maximum absolute atomic E-state index is 10.5. The number of hydrogen-bond donors (Lipinski definition) is 1. The van der Waals surface area contributed by atoms with Gasteiger partial charge in [0.1, 0.15) is 5.75 Å². The van der Waals surface area contributed by atoms with E-state index in [1.807, 2.05) is 0 Å². The van der Waals surface area contributed by atoms with Gasteiger partial charge in [-0.1, -0.05) is 0 Å². The van der Waals surface area contributed by atoms with Gasteiger partial charge >= 0.3 is 0 Å². The molecule has 0 amide bonds. The highest BCUT2D eigenvalue weighted by molar-refractivity contribution is 5.85. The fourth-order valence-corrected chi connectivity index (χ4v) is 1.08. The first kappa shape index (κ1) is 11.4. The molecule has 1 aromatic carbocycles. The van der Waals surface area contributed by atoms with E-state index in [4.69, 9.17) is 0 Å². The third-order valence-corrected chi connectivity index (χ3v) is 1.87. The Morgan fingerprint density at radius 3 is 3.06 bits per heavy atom. The number of nitro groups is 1. The molecule has 0 saturated carbocycles. The smallest absolute Gasteiger partial charge is 0.270 e. The van der Waals surface area contributed by atoms with Crippen LogP contribution in [-0.2, 0) is 0 Å². The number of tetrazole rings is 1. The van der Waals surface area contributed by atoms with Gasteiger partial charge in [0.15, 0.2) is 0 Å². The van der Waals surface area contributed by atoms with Crippen molar-refractivity contribution in [3.63, 3.8) is 0 Å². The molecule has 10 nitrogen and oxygen atoms in total. The SMILES string of the molecule is O=[N+]([O-])c1ccc(O)c(/C=N\[N-]c2nnn[n-]2)c1. The van der Waals surface area contributed by atoms with Crippen LogP contribution in [-0.4, -0.2) is 31.8 Å². The molecule has 10 heteroatoms. The van der Waals surface area contributed by atoms with E-state index in [1.54, 1.807) is 0 Å². The van der Waals surface area contributed by atoms with E-state index in [0.717, 1.165) is 12.3 Å². The van der Waals surface area contributed by atoms with Crippen molar-refractivity contribution in [3.8, 4) is 5.75 Å². The van der Waals surface area contributed by atoms with Crippen LogP contribution in [0.3, 0.4) is 0 Å². The summed E-state index contributed by atoms with van der Waals surface area (Å²) in [5.41, 5.74) is 3.51. The van der Waals surface area contributed by atoms with Gasteiger partial charge in [0.2, 0.25) is 0 Å². The van der Waals surface area contributed by atoms with E-state index >= 15 is 0 Å². The van der Waals surface area contributed by atoms with Crippen LogP contribution < -0.4 is 5.10 Å². The number of aromatic nitrogens is 4. The molecule has 2 aromatic rings. The van der Waals surface area contributed by atoms with E-state index < -0.39 is 4.92 Å². The maximum Gasteiger partial charge on any atom is 0.270 e. The second-order valence-corrected chi connectivity index (χ2v) is 3.02. The molecule has 92 valence electrons. The average molecular weight is 247 g/mol. The molecule has 0 bridgehead atoms. The Kier molecular flexibility index (Phi) is 3.09. The van der Waals surface area contributed by atoms with E-state index in [1.165, 1.54) is 12.1 Å². The van der Waals surface area contributed by atoms with Crippen LogP contribution in [0.25, 0.3) is 5.43 Å². The topological polar surface area (TPSA) is 143 Å². The summed E-state index contributed by atoms with van der Waals surface area (Å²) >= 11 is 0. The molecule has 0 unspecified atom stereocenters. The van der Waals surface area contributed by atoms with Crippen molar-refractivity contribution >= 4 is 17.9 Å². The van der Waals surface area contributed by atoms with Gasteiger partial charge in [-0.3, -0.25) is 10.1 Å². The van der Waals surface area contributed by atoms with Crippen molar-refractivity contribution in [2.45, 2.75) is 0 Å². The van der Waals surface area contributed by atoms with Crippen LogP contribution in [0.2, 0.25) is 0 Å². The summed E-state index contributed by atoms with van der Waals surface area (Å²) in [4.78, 5) is 9.96. The quantitative estimate of drug-likeness (QED) is 0.470. The van der Waals surface area contributed by atoms with Crippen molar-refractivity contribution in [1.82, 2.24) is 20.6 Å². The van der Waals surface area contributed by atoms with Crippen LogP contribution in [0, 0.1) is 10.1 Å². The Balaban J connectivity index is 2.15. The Labute approximate surface area is 99.5 Å². The van der Waals surface area contributed by atoms with Gasteiger partial charge in [0, 0.05) is 23.9 Å². The largest absolute Gasteiger partial charge is 0.507 e. The van der Waals surface area contributed by atoms with Crippen molar-refractivity contribution in [3.05, 3.63) is 39.3 Å². The molecule has 0 fully saturated rings.